The van der Waals surface area contributed by atoms with Crippen molar-refractivity contribution in [1.29, 1.82) is 0 Å². The van der Waals surface area contributed by atoms with Crippen LogP contribution in [0.1, 0.15) is 24.3 Å². The van der Waals surface area contributed by atoms with Crippen LogP contribution in [-0.2, 0) is 13.5 Å². The summed E-state index contributed by atoms with van der Waals surface area (Å²) in [6.45, 7) is 4.82. The van der Waals surface area contributed by atoms with Crippen LogP contribution in [0.2, 0.25) is 0 Å². The van der Waals surface area contributed by atoms with E-state index in [1.54, 1.807) is 6.20 Å². The molecule has 1 N–H and O–H groups in total. The Morgan fingerprint density at radius 3 is 2.82 bits per heavy atom. The summed E-state index contributed by atoms with van der Waals surface area (Å²) in [6, 6.07) is 1.98. The minimum absolute atomic E-state index is 0.727. The fraction of sp³-hybridized carbons (Fsp3) is 0.417. The zero-order chi connectivity index (χ0) is 12.3. The fourth-order valence-corrected chi connectivity index (χ4v) is 1.72. The second kappa shape index (κ2) is 4.95. The summed E-state index contributed by atoms with van der Waals surface area (Å²) < 4.78 is 2.00. The number of anilines is 1. The van der Waals surface area contributed by atoms with Crippen molar-refractivity contribution in [2.45, 2.75) is 20.3 Å². The molecule has 2 aromatic rings. The Hall–Kier alpha value is -1.91. The highest BCUT2D eigenvalue weighted by molar-refractivity contribution is 5.36. The molecule has 0 unspecified atom stereocenters. The third-order valence-corrected chi connectivity index (χ3v) is 2.51. The molecule has 0 aliphatic heterocycles. The lowest BCUT2D eigenvalue weighted by Crippen LogP contribution is -2.06. The first kappa shape index (κ1) is 11.6. The monoisotopic (exact) mass is 231 g/mol. The van der Waals surface area contributed by atoms with Crippen LogP contribution >= 0.6 is 0 Å². The molecule has 0 spiro atoms. The standard InChI is InChI=1S/C12H17N5/c1-4-13-11-7-10(15-9(2)16-11)8-12-14-5-6-17(12)3/h5-7H,4,8H2,1-3H3,(H,13,15,16). The molecule has 0 saturated carbocycles. The molecule has 0 amide bonds. The number of aromatic nitrogens is 4. The van der Waals surface area contributed by atoms with Gasteiger partial charge in [-0.15, -0.1) is 0 Å². The summed E-state index contributed by atoms with van der Waals surface area (Å²) in [5.41, 5.74) is 0.989. The topological polar surface area (TPSA) is 55.6 Å². The first-order valence-electron chi connectivity index (χ1n) is 5.73. The number of nitrogens with one attached hydrogen (secondary N) is 1. The third-order valence-electron chi connectivity index (χ3n) is 2.51. The Labute approximate surface area is 101 Å². The smallest absolute Gasteiger partial charge is 0.129 e. The summed E-state index contributed by atoms with van der Waals surface area (Å²) >= 11 is 0. The van der Waals surface area contributed by atoms with E-state index in [1.165, 1.54) is 0 Å². The Kier molecular flexibility index (Phi) is 3.37. The van der Waals surface area contributed by atoms with Crippen molar-refractivity contribution in [3.63, 3.8) is 0 Å². The van der Waals surface area contributed by atoms with Crippen LogP contribution in [0.25, 0.3) is 0 Å². The number of imidazole rings is 1. The van der Waals surface area contributed by atoms with E-state index < -0.39 is 0 Å². The summed E-state index contributed by atoms with van der Waals surface area (Å²) in [7, 11) is 1.99. The Balaban J connectivity index is 2.23. The van der Waals surface area contributed by atoms with Gasteiger partial charge in [0, 0.05) is 38.5 Å². The number of aryl methyl sites for hydroxylation is 2. The van der Waals surface area contributed by atoms with E-state index in [9.17, 15) is 0 Å². The van der Waals surface area contributed by atoms with E-state index in [0.717, 1.165) is 36.1 Å². The van der Waals surface area contributed by atoms with Crippen molar-refractivity contribution in [3.8, 4) is 0 Å². The van der Waals surface area contributed by atoms with Gasteiger partial charge in [0.05, 0.1) is 5.69 Å². The number of hydrogen-bond acceptors (Lipinski definition) is 4. The molecule has 0 aromatic carbocycles. The second-order valence-electron chi connectivity index (χ2n) is 3.95. The zero-order valence-corrected chi connectivity index (χ0v) is 10.4. The predicted molar refractivity (Wildman–Crippen MR) is 66.9 cm³/mol. The van der Waals surface area contributed by atoms with E-state index in [-0.39, 0.29) is 0 Å². The van der Waals surface area contributed by atoms with Crippen LogP contribution < -0.4 is 5.32 Å². The third kappa shape index (κ3) is 2.81. The number of nitrogens with zero attached hydrogens (tertiary/aromatic N) is 4. The molecule has 2 rings (SSSR count). The molecule has 17 heavy (non-hydrogen) atoms. The molecule has 0 aliphatic carbocycles. The lowest BCUT2D eigenvalue weighted by Gasteiger charge is -2.07. The van der Waals surface area contributed by atoms with Crippen LogP contribution in [0, 0.1) is 6.92 Å². The first-order valence-corrected chi connectivity index (χ1v) is 5.73. The molecular formula is C12H17N5. The summed E-state index contributed by atoms with van der Waals surface area (Å²) in [6.07, 6.45) is 4.47. The molecule has 5 heteroatoms. The van der Waals surface area contributed by atoms with Gasteiger partial charge in [0.2, 0.25) is 0 Å². The normalized spacial score (nSPS) is 10.5. The van der Waals surface area contributed by atoms with Crippen LogP contribution in [0.15, 0.2) is 18.5 Å². The Bertz CT molecular complexity index is 503. The van der Waals surface area contributed by atoms with E-state index in [2.05, 4.69) is 27.2 Å². The average Bonchev–Trinajstić information content (AvgIpc) is 2.64. The first-order chi connectivity index (χ1) is 8.19. The molecule has 5 nitrogen and oxygen atoms in total. The summed E-state index contributed by atoms with van der Waals surface area (Å²) in [4.78, 5) is 13.1. The lowest BCUT2D eigenvalue weighted by atomic mass is 10.2. The van der Waals surface area contributed by atoms with Gasteiger partial charge in [0.25, 0.3) is 0 Å². The van der Waals surface area contributed by atoms with E-state index in [0.29, 0.717) is 0 Å². The van der Waals surface area contributed by atoms with Crippen LogP contribution in [0.4, 0.5) is 5.82 Å². The van der Waals surface area contributed by atoms with E-state index >= 15 is 0 Å². The molecule has 0 atom stereocenters. The molecule has 90 valence electrons. The summed E-state index contributed by atoms with van der Waals surface area (Å²) in [5.74, 6) is 2.67. The Morgan fingerprint density at radius 2 is 2.18 bits per heavy atom. The van der Waals surface area contributed by atoms with Gasteiger partial charge in [0.15, 0.2) is 0 Å². The van der Waals surface area contributed by atoms with Crippen molar-refractivity contribution in [1.82, 2.24) is 19.5 Å². The average molecular weight is 231 g/mol. The van der Waals surface area contributed by atoms with Gasteiger partial charge in [-0.25, -0.2) is 15.0 Å². The van der Waals surface area contributed by atoms with Gasteiger partial charge < -0.3 is 9.88 Å². The molecular weight excluding hydrogens is 214 g/mol. The highest BCUT2D eigenvalue weighted by Gasteiger charge is 2.05. The highest BCUT2D eigenvalue weighted by Crippen LogP contribution is 2.10. The van der Waals surface area contributed by atoms with E-state index in [4.69, 9.17) is 0 Å². The maximum atomic E-state index is 4.43. The largest absolute Gasteiger partial charge is 0.370 e. The maximum absolute atomic E-state index is 4.43. The van der Waals surface area contributed by atoms with Crippen molar-refractivity contribution in [2.75, 3.05) is 11.9 Å². The number of rotatable bonds is 4. The second-order valence-corrected chi connectivity index (χ2v) is 3.95. The van der Waals surface area contributed by atoms with Gasteiger partial charge in [0.1, 0.15) is 17.5 Å². The zero-order valence-electron chi connectivity index (χ0n) is 10.4. The molecule has 2 aromatic heterocycles. The molecule has 0 bridgehead atoms. The SMILES string of the molecule is CCNc1cc(Cc2nccn2C)nc(C)n1. The van der Waals surface area contributed by atoms with Crippen LogP contribution in [0.5, 0.6) is 0 Å². The quantitative estimate of drug-likeness (QED) is 0.867. The lowest BCUT2D eigenvalue weighted by molar-refractivity contribution is 0.805. The molecule has 2 heterocycles. The Morgan fingerprint density at radius 1 is 1.35 bits per heavy atom. The molecule has 0 fully saturated rings. The highest BCUT2D eigenvalue weighted by atomic mass is 15.0. The van der Waals surface area contributed by atoms with E-state index in [1.807, 2.05) is 30.8 Å². The molecule has 0 aliphatic rings. The van der Waals surface area contributed by atoms with Gasteiger partial charge in [-0.1, -0.05) is 0 Å². The van der Waals surface area contributed by atoms with Crippen LogP contribution in [0.3, 0.4) is 0 Å². The fourth-order valence-electron chi connectivity index (χ4n) is 1.72. The van der Waals surface area contributed by atoms with Crippen molar-refractivity contribution >= 4 is 5.82 Å². The molecule has 0 saturated heterocycles. The van der Waals surface area contributed by atoms with Gasteiger partial charge in [-0.2, -0.15) is 0 Å². The minimum Gasteiger partial charge on any atom is -0.370 e. The van der Waals surface area contributed by atoms with Gasteiger partial charge in [-0.05, 0) is 13.8 Å². The minimum atomic E-state index is 0.727. The molecule has 0 radical (unpaired) electrons. The predicted octanol–water partition coefficient (Wildman–Crippen LogP) is 1.54. The van der Waals surface area contributed by atoms with Crippen molar-refractivity contribution in [3.05, 3.63) is 35.8 Å². The van der Waals surface area contributed by atoms with Crippen molar-refractivity contribution < 1.29 is 0 Å². The van der Waals surface area contributed by atoms with Crippen molar-refractivity contribution in [2.24, 2.45) is 7.05 Å². The van der Waals surface area contributed by atoms with Crippen LogP contribution in [-0.4, -0.2) is 26.1 Å². The van der Waals surface area contributed by atoms with Gasteiger partial charge >= 0.3 is 0 Å². The summed E-state index contributed by atoms with van der Waals surface area (Å²) in [5, 5.41) is 3.20. The number of hydrogen-bond donors (Lipinski definition) is 1. The maximum Gasteiger partial charge on any atom is 0.129 e. The van der Waals surface area contributed by atoms with Gasteiger partial charge in [-0.3, -0.25) is 0 Å².